The van der Waals surface area contributed by atoms with Crippen LogP contribution in [0.15, 0.2) is 47.2 Å². The van der Waals surface area contributed by atoms with Crippen LogP contribution in [0.5, 0.6) is 0 Å². The van der Waals surface area contributed by atoms with Crippen molar-refractivity contribution in [2.75, 3.05) is 0 Å². The van der Waals surface area contributed by atoms with Gasteiger partial charge in [0.05, 0.1) is 12.1 Å². The van der Waals surface area contributed by atoms with E-state index in [1.165, 1.54) is 6.07 Å². The summed E-state index contributed by atoms with van der Waals surface area (Å²) in [5.41, 5.74) is 0.273. The van der Waals surface area contributed by atoms with Crippen molar-refractivity contribution >= 4 is 5.91 Å². The van der Waals surface area contributed by atoms with Gasteiger partial charge >= 0.3 is 0 Å². The lowest BCUT2D eigenvalue weighted by Gasteiger charge is -2.13. The predicted octanol–water partition coefficient (Wildman–Crippen LogP) is 2.21. The average molecular weight is 343 g/mol. The van der Waals surface area contributed by atoms with Gasteiger partial charge in [0, 0.05) is 31.3 Å². The van der Waals surface area contributed by atoms with E-state index in [1.54, 1.807) is 29.1 Å². The summed E-state index contributed by atoms with van der Waals surface area (Å²) >= 11 is 0. The van der Waals surface area contributed by atoms with Crippen molar-refractivity contribution < 1.29 is 13.7 Å². The van der Waals surface area contributed by atoms with E-state index >= 15 is 0 Å². The van der Waals surface area contributed by atoms with Gasteiger partial charge in [0.25, 0.3) is 0 Å². The van der Waals surface area contributed by atoms with Crippen molar-refractivity contribution in [2.45, 2.75) is 32.4 Å². The molecule has 1 N–H and O–H groups in total. The molecule has 2 heterocycles. The van der Waals surface area contributed by atoms with E-state index in [0.717, 1.165) is 0 Å². The van der Waals surface area contributed by atoms with Crippen molar-refractivity contribution in [2.24, 2.45) is 0 Å². The number of aromatic nitrogens is 4. The molecule has 0 unspecified atom stereocenters. The highest BCUT2D eigenvalue weighted by Gasteiger charge is 2.14. The van der Waals surface area contributed by atoms with Crippen LogP contribution in [-0.4, -0.2) is 31.9 Å². The molecule has 3 aromatic rings. The third-order valence-electron chi connectivity index (χ3n) is 3.58. The highest BCUT2D eigenvalue weighted by Crippen LogP contribution is 2.19. The van der Waals surface area contributed by atoms with Crippen molar-refractivity contribution in [3.05, 3.63) is 54.4 Å². The Morgan fingerprint density at radius 3 is 2.96 bits per heavy atom. The van der Waals surface area contributed by atoms with E-state index in [1.807, 2.05) is 19.2 Å². The number of rotatable bonds is 7. The molecule has 130 valence electrons. The smallest absolute Gasteiger partial charge is 0.227 e. The Balaban J connectivity index is 1.50. The van der Waals surface area contributed by atoms with E-state index in [9.17, 15) is 9.18 Å². The van der Waals surface area contributed by atoms with Crippen LogP contribution < -0.4 is 5.32 Å². The summed E-state index contributed by atoms with van der Waals surface area (Å²) in [5.74, 6) is -0.0565. The van der Waals surface area contributed by atoms with Gasteiger partial charge in [-0.3, -0.25) is 9.48 Å². The van der Waals surface area contributed by atoms with E-state index in [-0.39, 0.29) is 29.8 Å². The highest BCUT2D eigenvalue weighted by molar-refractivity contribution is 5.76. The minimum atomic E-state index is -0.417. The number of benzene rings is 1. The Hall–Kier alpha value is -3.03. The van der Waals surface area contributed by atoms with Crippen LogP contribution in [-0.2, 0) is 17.8 Å². The van der Waals surface area contributed by atoms with Gasteiger partial charge in [-0.05, 0) is 25.1 Å². The maximum absolute atomic E-state index is 13.7. The number of nitrogens with one attached hydrogen (secondary N) is 1. The lowest BCUT2D eigenvalue weighted by molar-refractivity contribution is -0.121. The first-order chi connectivity index (χ1) is 12.1. The van der Waals surface area contributed by atoms with Gasteiger partial charge in [-0.15, -0.1) is 0 Å². The Kier molecular flexibility index (Phi) is 5.17. The molecule has 0 bridgehead atoms. The number of aryl methyl sites for hydroxylation is 1. The molecule has 0 aliphatic heterocycles. The standard InChI is InChI=1S/C17H18FN5O2/c1-12(11-23-10-4-9-19-23)20-15(24)7-8-16-21-17(22-25-16)13-5-2-3-6-14(13)18/h2-6,9-10,12H,7-8,11H2,1H3,(H,20,24)/t12-/m1/s1. The number of halogens is 1. The van der Waals surface area contributed by atoms with Crippen molar-refractivity contribution in [1.82, 2.24) is 25.2 Å². The highest BCUT2D eigenvalue weighted by atomic mass is 19.1. The zero-order valence-corrected chi connectivity index (χ0v) is 13.7. The molecule has 1 amide bonds. The normalized spacial score (nSPS) is 12.1. The molecule has 25 heavy (non-hydrogen) atoms. The second-order valence-corrected chi connectivity index (χ2v) is 5.69. The molecule has 1 aromatic carbocycles. The van der Waals surface area contributed by atoms with Gasteiger partial charge in [0.15, 0.2) is 0 Å². The SMILES string of the molecule is C[C@H](Cn1cccn1)NC(=O)CCc1nc(-c2ccccc2F)no1. The molecule has 0 spiro atoms. The molecule has 0 aliphatic rings. The van der Waals surface area contributed by atoms with Gasteiger partial charge in [-0.25, -0.2) is 4.39 Å². The number of carbonyl (C=O) groups is 1. The monoisotopic (exact) mass is 343 g/mol. The van der Waals surface area contributed by atoms with Crippen LogP contribution in [0.1, 0.15) is 19.2 Å². The Bertz CT molecular complexity index is 831. The molecular formula is C17H18FN5O2. The van der Waals surface area contributed by atoms with Crippen LogP contribution in [0.4, 0.5) is 4.39 Å². The Labute approximate surface area is 143 Å². The van der Waals surface area contributed by atoms with Crippen LogP contribution >= 0.6 is 0 Å². The van der Waals surface area contributed by atoms with Gasteiger partial charge in [-0.1, -0.05) is 17.3 Å². The maximum atomic E-state index is 13.7. The fourth-order valence-electron chi connectivity index (χ4n) is 2.41. The Morgan fingerprint density at radius 2 is 2.20 bits per heavy atom. The molecule has 8 heteroatoms. The number of hydrogen-bond donors (Lipinski definition) is 1. The predicted molar refractivity (Wildman–Crippen MR) is 87.8 cm³/mol. The van der Waals surface area contributed by atoms with Gasteiger partial charge in [-0.2, -0.15) is 10.1 Å². The maximum Gasteiger partial charge on any atom is 0.227 e. The first-order valence-electron chi connectivity index (χ1n) is 7.96. The first kappa shape index (κ1) is 16.8. The van der Waals surface area contributed by atoms with Crippen LogP contribution in [0.25, 0.3) is 11.4 Å². The quantitative estimate of drug-likeness (QED) is 0.711. The zero-order chi connectivity index (χ0) is 17.6. The minimum absolute atomic E-state index is 0.0518. The number of carbonyl (C=O) groups excluding carboxylic acids is 1. The largest absolute Gasteiger partial charge is 0.352 e. The molecule has 0 fully saturated rings. The summed E-state index contributed by atoms with van der Waals surface area (Å²) in [6, 6.07) is 7.98. The fourth-order valence-corrected chi connectivity index (χ4v) is 2.41. The lowest BCUT2D eigenvalue weighted by Crippen LogP contribution is -2.35. The van der Waals surface area contributed by atoms with Crippen LogP contribution in [0, 0.1) is 5.82 Å². The topological polar surface area (TPSA) is 85.8 Å². The van der Waals surface area contributed by atoms with Gasteiger partial charge in [0.1, 0.15) is 5.82 Å². The molecule has 2 aromatic heterocycles. The third-order valence-corrected chi connectivity index (χ3v) is 3.58. The first-order valence-corrected chi connectivity index (χ1v) is 7.96. The molecule has 1 atom stereocenters. The van der Waals surface area contributed by atoms with Gasteiger partial charge < -0.3 is 9.84 Å². The van der Waals surface area contributed by atoms with Crippen LogP contribution in [0.2, 0.25) is 0 Å². The summed E-state index contributed by atoms with van der Waals surface area (Å²) in [6.45, 7) is 2.50. The molecule has 3 rings (SSSR count). The van der Waals surface area contributed by atoms with Crippen molar-refractivity contribution in [1.29, 1.82) is 0 Å². The van der Waals surface area contributed by atoms with Crippen LogP contribution in [0.3, 0.4) is 0 Å². The van der Waals surface area contributed by atoms with E-state index in [0.29, 0.717) is 18.9 Å². The number of amides is 1. The Morgan fingerprint density at radius 1 is 1.36 bits per heavy atom. The van der Waals surface area contributed by atoms with Crippen molar-refractivity contribution in [3.63, 3.8) is 0 Å². The van der Waals surface area contributed by atoms with Gasteiger partial charge in [0.2, 0.25) is 17.6 Å². The molecule has 7 nitrogen and oxygen atoms in total. The third kappa shape index (κ3) is 4.50. The minimum Gasteiger partial charge on any atom is -0.352 e. The summed E-state index contributed by atoms with van der Waals surface area (Å²) in [6.07, 6.45) is 4.03. The molecule has 0 aliphatic carbocycles. The average Bonchev–Trinajstić information content (AvgIpc) is 3.25. The molecule has 0 radical (unpaired) electrons. The van der Waals surface area contributed by atoms with E-state index < -0.39 is 5.82 Å². The summed E-state index contributed by atoms with van der Waals surface area (Å²) < 4.78 is 20.6. The summed E-state index contributed by atoms with van der Waals surface area (Å²) in [4.78, 5) is 16.1. The second kappa shape index (κ2) is 7.69. The van der Waals surface area contributed by atoms with E-state index in [2.05, 4.69) is 20.6 Å². The molecular weight excluding hydrogens is 325 g/mol. The molecule has 0 saturated carbocycles. The van der Waals surface area contributed by atoms with E-state index in [4.69, 9.17) is 4.52 Å². The molecule has 0 saturated heterocycles. The summed E-state index contributed by atoms with van der Waals surface area (Å²) in [5, 5.41) is 10.8. The van der Waals surface area contributed by atoms with Crippen molar-refractivity contribution in [3.8, 4) is 11.4 Å². The summed E-state index contributed by atoms with van der Waals surface area (Å²) in [7, 11) is 0. The lowest BCUT2D eigenvalue weighted by atomic mass is 10.2. The zero-order valence-electron chi connectivity index (χ0n) is 13.7. The number of hydrogen-bond acceptors (Lipinski definition) is 5. The number of nitrogens with zero attached hydrogens (tertiary/aromatic N) is 4. The second-order valence-electron chi connectivity index (χ2n) is 5.69. The fraction of sp³-hybridized carbons (Fsp3) is 0.294.